The van der Waals surface area contributed by atoms with E-state index < -0.39 is 5.91 Å². The van der Waals surface area contributed by atoms with E-state index in [1.165, 1.54) is 0 Å². The quantitative estimate of drug-likeness (QED) is 0.861. The number of carbonyl (C=O) groups is 2. The van der Waals surface area contributed by atoms with Crippen LogP contribution in [-0.4, -0.2) is 59.8 Å². The molecule has 0 spiro atoms. The predicted molar refractivity (Wildman–Crippen MR) is 96.0 cm³/mol. The Kier molecular flexibility index (Phi) is 4.67. The van der Waals surface area contributed by atoms with Crippen LogP contribution in [0.5, 0.6) is 0 Å². The van der Waals surface area contributed by atoms with Crippen LogP contribution in [0.1, 0.15) is 20.7 Å². The first-order valence-electron chi connectivity index (χ1n) is 8.09. The van der Waals surface area contributed by atoms with Gasteiger partial charge in [0.15, 0.2) is 0 Å². The maximum Gasteiger partial charge on any atom is 0.253 e. The number of amides is 2. The molecular formula is C18H21N5O2. The Hall–Kier alpha value is -2.93. The predicted octanol–water partition coefficient (Wildman–Crippen LogP) is 0.817. The summed E-state index contributed by atoms with van der Waals surface area (Å²) in [7, 11) is 2.05. The Morgan fingerprint density at radius 1 is 1.04 bits per heavy atom. The van der Waals surface area contributed by atoms with Gasteiger partial charge in [-0.2, -0.15) is 0 Å². The van der Waals surface area contributed by atoms with Gasteiger partial charge in [-0.1, -0.05) is 12.1 Å². The minimum atomic E-state index is -0.617. The maximum atomic E-state index is 12.6. The average Bonchev–Trinajstić information content (AvgIpc) is 2.62. The van der Waals surface area contributed by atoms with Crippen molar-refractivity contribution in [1.82, 2.24) is 14.8 Å². The molecule has 7 heteroatoms. The third kappa shape index (κ3) is 3.61. The van der Waals surface area contributed by atoms with Gasteiger partial charge < -0.3 is 21.3 Å². The van der Waals surface area contributed by atoms with E-state index in [1.807, 2.05) is 17.0 Å². The minimum Gasteiger partial charge on any atom is -0.383 e. The number of likely N-dealkylation sites (N-methyl/N-ethyl adjacent to an activating group) is 1. The zero-order valence-electron chi connectivity index (χ0n) is 14.1. The van der Waals surface area contributed by atoms with Gasteiger partial charge in [-0.25, -0.2) is 4.98 Å². The van der Waals surface area contributed by atoms with Crippen LogP contribution in [0, 0.1) is 0 Å². The number of benzene rings is 1. The molecule has 0 unspecified atom stereocenters. The van der Waals surface area contributed by atoms with Crippen molar-refractivity contribution in [3.63, 3.8) is 0 Å². The molecule has 0 atom stereocenters. The SMILES string of the molecule is CN1CCN(C(=O)c2ccc(-c3cnc(N)c(C(N)=O)c3)cc2)CC1. The van der Waals surface area contributed by atoms with Crippen molar-refractivity contribution in [2.24, 2.45) is 5.73 Å². The molecule has 1 saturated heterocycles. The first-order valence-corrected chi connectivity index (χ1v) is 8.09. The third-order valence-corrected chi connectivity index (χ3v) is 4.44. The summed E-state index contributed by atoms with van der Waals surface area (Å²) in [5.41, 5.74) is 13.4. The van der Waals surface area contributed by atoms with E-state index in [0.717, 1.165) is 37.3 Å². The number of anilines is 1. The molecule has 3 rings (SSSR count). The Bertz CT molecular complexity index is 796. The second-order valence-corrected chi connectivity index (χ2v) is 6.19. The lowest BCUT2D eigenvalue weighted by molar-refractivity contribution is 0.0664. The number of rotatable bonds is 3. The Morgan fingerprint density at radius 3 is 2.28 bits per heavy atom. The molecular weight excluding hydrogens is 318 g/mol. The molecule has 7 nitrogen and oxygen atoms in total. The minimum absolute atomic E-state index is 0.0351. The molecule has 25 heavy (non-hydrogen) atoms. The lowest BCUT2D eigenvalue weighted by atomic mass is 10.0. The summed E-state index contributed by atoms with van der Waals surface area (Å²) >= 11 is 0. The third-order valence-electron chi connectivity index (χ3n) is 4.44. The summed E-state index contributed by atoms with van der Waals surface area (Å²) in [5.74, 6) is -0.472. The normalized spacial score (nSPS) is 15.2. The molecule has 0 aliphatic carbocycles. The van der Waals surface area contributed by atoms with Gasteiger partial charge >= 0.3 is 0 Å². The van der Waals surface area contributed by atoms with Crippen LogP contribution in [-0.2, 0) is 0 Å². The van der Waals surface area contributed by atoms with Crippen LogP contribution in [0.15, 0.2) is 36.5 Å². The fraction of sp³-hybridized carbons (Fsp3) is 0.278. The maximum absolute atomic E-state index is 12.6. The van der Waals surface area contributed by atoms with Crippen molar-refractivity contribution in [3.8, 4) is 11.1 Å². The molecule has 1 aromatic heterocycles. The second kappa shape index (κ2) is 6.90. The molecule has 1 fully saturated rings. The van der Waals surface area contributed by atoms with E-state index in [9.17, 15) is 9.59 Å². The van der Waals surface area contributed by atoms with Crippen LogP contribution >= 0.6 is 0 Å². The van der Waals surface area contributed by atoms with Gasteiger partial charge in [-0.05, 0) is 30.8 Å². The smallest absolute Gasteiger partial charge is 0.253 e. The second-order valence-electron chi connectivity index (χ2n) is 6.19. The number of carbonyl (C=O) groups excluding carboxylic acids is 2. The van der Waals surface area contributed by atoms with Gasteiger partial charge in [0.25, 0.3) is 11.8 Å². The first kappa shape index (κ1) is 16.9. The summed E-state index contributed by atoms with van der Waals surface area (Å²) in [4.78, 5) is 32.0. The fourth-order valence-corrected chi connectivity index (χ4v) is 2.83. The van der Waals surface area contributed by atoms with Gasteiger partial charge in [-0.15, -0.1) is 0 Å². The molecule has 0 radical (unpaired) electrons. The van der Waals surface area contributed by atoms with E-state index in [4.69, 9.17) is 11.5 Å². The fourth-order valence-electron chi connectivity index (χ4n) is 2.83. The van der Waals surface area contributed by atoms with E-state index in [-0.39, 0.29) is 17.3 Å². The van der Waals surface area contributed by atoms with Crippen molar-refractivity contribution in [1.29, 1.82) is 0 Å². The highest BCUT2D eigenvalue weighted by Gasteiger charge is 2.20. The molecule has 1 aliphatic rings. The zero-order valence-corrected chi connectivity index (χ0v) is 14.1. The zero-order chi connectivity index (χ0) is 18.0. The summed E-state index contributed by atoms with van der Waals surface area (Å²) in [6.45, 7) is 3.25. The molecule has 4 N–H and O–H groups in total. The molecule has 2 aromatic rings. The Morgan fingerprint density at radius 2 is 1.68 bits per heavy atom. The molecule has 1 aliphatic heterocycles. The largest absolute Gasteiger partial charge is 0.383 e. The number of primary amides is 1. The highest BCUT2D eigenvalue weighted by molar-refractivity contribution is 5.98. The average molecular weight is 339 g/mol. The van der Waals surface area contributed by atoms with Gasteiger partial charge in [-0.3, -0.25) is 9.59 Å². The topological polar surface area (TPSA) is 106 Å². The summed E-state index contributed by atoms with van der Waals surface area (Å²) in [5, 5.41) is 0. The molecule has 0 saturated carbocycles. The van der Waals surface area contributed by atoms with Crippen molar-refractivity contribution in [2.45, 2.75) is 0 Å². The van der Waals surface area contributed by atoms with Gasteiger partial charge in [0, 0.05) is 43.5 Å². The van der Waals surface area contributed by atoms with Crippen molar-refractivity contribution < 1.29 is 9.59 Å². The van der Waals surface area contributed by atoms with Gasteiger partial charge in [0.1, 0.15) is 5.82 Å². The lowest BCUT2D eigenvalue weighted by Crippen LogP contribution is -2.47. The van der Waals surface area contributed by atoms with Gasteiger partial charge in [0.05, 0.1) is 5.56 Å². The van der Waals surface area contributed by atoms with Crippen molar-refractivity contribution in [3.05, 3.63) is 47.7 Å². The van der Waals surface area contributed by atoms with E-state index >= 15 is 0 Å². The number of aromatic nitrogens is 1. The summed E-state index contributed by atoms with van der Waals surface area (Å²) in [6.07, 6.45) is 1.58. The number of piperazine rings is 1. The van der Waals surface area contributed by atoms with Crippen LogP contribution in [0.2, 0.25) is 0 Å². The number of nitrogen functional groups attached to an aromatic ring is 1. The molecule has 0 bridgehead atoms. The van der Waals surface area contributed by atoms with Crippen molar-refractivity contribution >= 4 is 17.6 Å². The first-order chi connectivity index (χ1) is 12.0. The van der Waals surface area contributed by atoms with Crippen LogP contribution in [0.4, 0.5) is 5.82 Å². The van der Waals surface area contributed by atoms with E-state index in [1.54, 1.807) is 24.4 Å². The molecule has 1 aromatic carbocycles. The van der Waals surface area contributed by atoms with Crippen molar-refractivity contribution in [2.75, 3.05) is 39.0 Å². The number of nitrogens with two attached hydrogens (primary N) is 2. The van der Waals surface area contributed by atoms with E-state index in [0.29, 0.717) is 5.56 Å². The van der Waals surface area contributed by atoms with Gasteiger partial charge in [0.2, 0.25) is 0 Å². The van der Waals surface area contributed by atoms with Crippen LogP contribution < -0.4 is 11.5 Å². The van der Waals surface area contributed by atoms with Crippen LogP contribution in [0.25, 0.3) is 11.1 Å². The van der Waals surface area contributed by atoms with Crippen LogP contribution in [0.3, 0.4) is 0 Å². The Labute approximate surface area is 146 Å². The number of hydrogen-bond acceptors (Lipinski definition) is 5. The monoisotopic (exact) mass is 339 g/mol. The Balaban J connectivity index is 1.79. The lowest BCUT2D eigenvalue weighted by Gasteiger charge is -2.32. The molecule has 130 valence electrons. The van der Waals surface area contributed by atoms with E-state index in [2.05, 4.69) is 16.9 Å². The highest BCUT2D eigenvalue weighted by Crippen LogP contribution is 2.23. The summed E-state index contributed by atoms with van der Waals surface area (Å²) < 4.78 is 0. The number of nitrogens with zero attached hydrogens (tertiary/aromatic N) is 3. The number of hydrogen-bond donors (Lipinski definition) is 2. The molecule has 2 heterocycles. The molecule has 2 amide bonds. The summed E-state index contributed by atoms with van der Waals surface area (Å²) in [6, 6.07) is 8.86. The standard InChI is InChI=1S/C18H21N5O2/c1-22-6-8-23(9-7-22)18(25)13-4-2-12(3-5-13)14-10-15(17(20)24)16(19)21-11-14/h2-5,10-11H,6-9H2,1H3,(H2,19,21)(H2,20,24). The highest BCUT2D eigenvalue weighted by atomic mass is 16.2. The number of pyridine rings is 1.